The van der Waals surface area contributed by atoms with Crippen LogP contribution in [-0.4, -0.2) is 36.1 Å². The minimum atomic E-state index is -1.00. The van der Waals surface area contributed by atoms with Crippen molar-refractivity contribution < 1.29 is 19.1 Å². The summed E-state index contributed by atoms with van der Waals surface area (Å²) in [6.07, 6.45) is 4.14. The topological polar surface area (TPSA) is 134 Å². The van der Waals surface area contributed by atoms with Gasteiger partial charge in [0.25, 0.3) is 5.91 Å². The highest BCUT2D eigenvalue weighted by Crippen LogP contribution is 2.27. The van der Waals surface area contributed by atoms with Gasteiger partial charge in [-0.1, -0.05) is 49.6 Å². The van der Waals surface area contributed by atoms with E-state index in [9.17, 15) is 19.6 Å². The van der Waals surface area contributed by atoms with E-state index in [2.05, 4.69) is 16.7 Å². The highest BCUT2D eigenvalue weighted by molar-refractivity contribution is 5.86. The third-order valence-corrected chi connectivity index (χ3v) is 4.53. The van der Waals surface area contributed by atoms with E-state index >= 15 is 0 Å². The third kappa shape index (κ3) is 6.29. The lowest BCUT2D eigenvalue weighted by Gasteiger charge is -2.31. The van der Waals surface area contributed by atoms with Crippen LogP contribution in [0.25, 0.3) is 0 Å². The van der Waals surface area contributed by atoms with Crippen molar-refractivity contribution >= 4 is 17.9 Å². The van der Waals surface area contributed by atoms with Crippen molar-refractivity contribution in [3.05, 3.63) is 35.9 Å². The van der Waals surface area contributed by atoms with Crippen LogP contribution in [-0.2, 0) is 20.7 Å². The molecule has 0 aromatic heterocycles. The number of nitriles is 1. The molecule has 1 aliphatic carbocycles. The molecule has 0 spiro atoms. The van der Waals surface area contributed by atoms with Gasteiger partial charge in [-0.2, -0.15) is 5.26 Å². The minimum absolute atomic E-state index is 0.187. The molecule has 144 valence electrons. The van der Waals surface area contributed by atoms with E-state index in [1.54, 1.807) is 24.3 Å². The van der Waals surface area contributed by atoms with Gasteiger partial charge in [-0.15, -0.1) is 0 Å². The summed E-state index contributed by atoms with van der Waals surface area (Å²) >= 11 is 0. The van der Waals surface area contributed by atoms with Crippen LogP contribution in [0.15, 0.2) is 30.3 Å². The average Bonchev–Trinajstić information content (AvgIpc) is 2.67. The summed E-state index contributed by atoms with van der Waals surface area (Å²) in [4.78, 5) is 35.6. The quantitative estimate of drug-likeness (QED) is 0.617. The number of benzene rings is 1. The molecule has 0 saturated heterocycles. The Morgan fingerprint density at radius 3 is 2.44 bits per heavy atom. The summed E-state index contributed by atoms with van der Waals surface area (Å²) in [7, 11) is 0. The number of hydrogen-bond acceptors (Lipinski definition) is 5. The lowest BCUT2D eigenvalue weighted by molar-refractivity contribution is -0.150. The molecule has 4 N–H and O–H groups in total. The molecule has 0 heterocycles. The number of rotatable bonds is 7. The van der Waals surface area contributed by atoms with Crippen LogP contribution in [0.3, 0.4) is 0 Å². The van der Waals surface area contributed by atoms with E-state index in [1.807, 2.05) is 6.07 Å². The number of nitrogens with zero attached hydrogens (tertiary/aromatic N) is 1. The van der Waals surface area contributed by atoms with Crippen molar-refractivity contribution in [1.82, 2.24) is 10.6 Å². The van der Waals surface area contributed by atoms with Gasteiger partial charge in [0, 0.05) is 6.42 Å². The van der Waals surface area contributed by atoms with Gasteiger partial charge in [-0.05, 0) is 18.4 Å². The average molecular weight is 372 g/mol. The first-order valence-corrected chi connectivity index (χ1v) is 8.93. The fourth-order valence-corrected chi connectivity index (χ4v) is 3.18. The largest absolute Gasteiger partial charge is 0.454 e. The van der Waals surface area contributed by atoms with E-state index < -0.39 is 36.1 Å². The summed E-state index contributed by atoms with van der Waals surface area (Å²) in [5, 5.41) is 14.4. The molecular formula is C19H24N4O4. The van der Waals surface area contributed by atoms with Crippen LogP contribution in [0.1, 0.15) is 37.7 Å². The molecule has 0 aliphatic heterocycles. The molecule has 1 aliphatic rings. The number of urea groups is 1. The molecule has 8 nitrogen and oxygen atoms in total. The van der Waals surface area contributed by atoms with Crippen LogP contribution in [0, 0.1) is 11.3 Å². The molecule has 1 aromatic rings. The lowest BCUT2D eigenvalue weighted by atomic mass is 9.83. The zero-order chi connectivity index (χ0) is 19.7. The van der Waals surface area contributed by atoms with Crippen molar-refractivity contribution in [2.75, 3.05) is 6.61 Å². The van der Waals surface area contributed by atoms with Crippen LogP contribution in [0.2, 0.25) is 0 Å². The van der Waals surface area contributed by atoms with Crippen molar-refractivity contribution in [3.63, 3.8) is 0 Å². The summed E-state index contributed by atoms with van der Waals surface area (Å²) < 4.78 is 5.04. The Bertz CT molecular complexity index is 708. The Morgan fingerprint density at radius 2 is 1.85 bits per heavy atom. The van der Waals surface area contributed by atoms with Crippen LogP contribution >= 0.6 is 0 Å². The number of hydrogen-bond donors (Lipinski definition) is 3. The van der Waals surface area contributed by atoms with Crippen LogP contribution in [0.4, 0.5) is 4.79 Å². The molecule has 1 fully saturated rings. The van der Waals surface area contributed by atoms with Crippen LogP contribution < -0.4 is 16.4 Å². The molecule has 3 amide bonds. The Morgan fingerprint density at radius 1 is 1.19 bits per heavy atom. The van der Waals surface area contributed by atoms with Gasteiger partial charge in [-0.3, -0.25) is 4.79 Å². The van der Waals surface area contributed by atoms with Crippen molar-refractivity contribution in [2.24, 2.45) is 5.73 Å². The van der Waals surface area contributed by atoms with Crippen molar-refractivity contribution in [3.8, 4) is 6.07 Å². The van der Waals surface area contributed by atoms with E-state index in [0.29, 0.717) is 12.8 Å². The number of amides is 3. The predicted octanol–water partition coefficient (Wildman–Crippen LogP) is 1.15. The summed E-state index contributed by atoms with van der Waals surface area (Å²) in [5.74, 6) is -1.30. The number of ether oxygens (including phenoxy) is 1. The summed E-state index contributed by atoms with van der Waals surface area (Å²) in [6, 6.07) is 9.36. The van der Waals surface area contributed by atoms with Gasteiger partial charge in [0.05, 0.1) is 6.07 Å². The van der Waals surface area contributed by atoms with Crippen molar-refractivity contribution in [1.29, 1.82) is 5.26 Å². The Balaban J connectivity index is 1.91. The van der Waals surface area contributed by atoms with E-state index in [4.69, 9.17) is 10.5 Å². The SMILES string of the molecule is N#CC1(NC(=O)COC(=O)[C@H](Cc2ccccc2)NC(N)=O)CCCCC1. The second-order valence-electron chi connectivity index (χ2n) is 6.66. The first-order valence-electron chi connectivity index (χ1n) is 8.93. The second-order valence-corrected chi connectivity index (χ2v) is 6.66. The minimum Gasteiger partial charge on any atom is -0.454 e. The molecule has 0 radical (unpaired) electrons. The Labute approximate surface area is 158 Å². The van der Waals surface area contributed by atoms with E-state index in [-0.39, 0.29) is 6.42 Å². The maximum Gasteiger partial charge on any atom is 0.329 e. The number of nitrogens with two attached hydrogens (primary N) is 1. The van der Waals surface area contributed by atoms with Gasteiger partial charge in [0.15, 0.2) is 6.61 Å². The molecule has 1 aromatic carbocycles. The molecule has 2 rings (SSSR count). The highest BCUT2D eigenvalue weighted by Gasteiger charge is 2.34. The number of primary amides is 1. The first-order chi connectivity index (χ1) is 12.9. The highest BCUT2D eigenvalue weighted by atomic mass is 16.5. The van der Waals surface area contributed by atoms with Gasteiger partial charge in [-0.25, -0.2) is 9.59 Å². The zero-order valence-corrected chi connectivity index (χ0v) is 15.1. The number of carbonyl (C=O) groups is 3. The Hall–Kier alpha value is -3.08. The van der Waals surface area contributed by atoms with Gasteiger partial charge in [0.1, 0.15) is 11.6 Å². The normalized spacial score (nSPS) is 16.4. The molecule has 1 saturated carbocycles. The zero-order valence-electron chi connectivity index (χ0n) is 15.1. The molecule has 0 unspecified atom stereocenters. The fraction of sp³-hybridized carbons (Fsp3) is 0.474. The van der Waals surface area contributed by atoms with Gasteiger partial charge in [0.2, 0.25) is 0 Å². The summed E-state index contributed by atoms with van der Waals surface area (Å²) in [5.41, 5.74) is 5.04. The first kappa shape index (κ1) is 20.2. The van der Waals surface area contributed by atoms with E-state index in [0.717, 1.165) is 24.8 Å². The maximum absolute atomic E-state index is 12.3. The fourth-order valence-electron chi connectivity index (χ4n) is 3.18. The summed E-state index contributed by atoms with van der Waals surface area (Å²) in [6.45, 7) is -0.520. The maximum atomic E-state index is 12.3. The molecule has 1 atom stereocenters. The van der Waals surface area contributed by atoms with Gasteiger partial charge < -0.3 is 21.1 Å². The molecule has 8 heteroatoms. The molecule has 27 heavy (non-hydrogen) atoms. The van der Waals surface area contributed by atoms with Crippen molar-refractivity contribution in [2.45, 2.75) is 50.1 Å². The molecule has 0 bridgehead atoms. The number of nitrogens with one attached hydrogen (secondary N) is 2. The standard InChI is InChI=1S/C19H24N4O4/c20-13-19(9-5-2-6-10-19)23-16(24)12-27-17(25)15(22-18(21)26)11-14-7-3-1-4-8-14/h1,3-4,7-8,15H,2,5-6,9-12H2,(H,23,24)(H3,21,22,26)/t15-/m0/s1. The molecular weight excluding hydrogens is 348 g/mol. The second kappa shape index (κ2) is 9.57. The number of carbonyl (C=O) groups excluding carboxylic acids is 3. The van der Waals surface area contributed by atoms with Gasteiger partial charge >= 0.3 is 12.0 Å². The lowest BCUT2D eigenvalue weighted by Crippen LogP contribution is -2.51. The Kier molecular flexibility index (Phi) is 7.17. The van der Waals surface area contributed by atoms with E-state index in [1.165, 1.54) is 0 Å². The number of esters is 1. The third-order valence-electron chi connectivity index (χ3n) is 4.53. The van der Waals surface area contributed by atoms with Crippen LogP contribution in [0.5, 0.6) is 0 Å². The monoisotopic (exact) mass is 372 g/mol. The predicted molar refractivity (Wildman–Crippen MR) is 97.2 cm³/mol. The smallest absolute Gasteiger partial charge is 0.329 e.